The minimum absolute atomic E-state index is 0.193. The van der Waals surface area contributed by atoms with Crippen LogP contribution in [-0.4, -0.2) is 29.1 Å². The summed E-state index contributed by atoms with van der Waals surface area (Å²) in [7, 11) is 0. The van der Waals surface area contributed by atoms with Gasteiger partial charge in [0.15, 0.2) is 11.5 Å². The van der Waals surface area contributed by atoms with Gasteiger partial charge in [0.25, 0.3) is 5.56 Å². The minimum atomic E-state index is -0.193. The predicted molar refractivity (Wildman–Crippen MR) is 104 cm³/mol. The zero-order chi connectivity index (χ0) is 18.1. The molecule has 2 aromatic carbocycles. The largest absolute Gasteiger partial charge is 0.486 e. The fourth-order valence-corrected chi connectivity index (χ4v) is 3.17. The van der Waals surface area contributed by atoms with E-state index >= 15 is 0 Å². The third-order valence-corrected chi connectivity index (χ3v) is 4.57. The molecule has 3 aromatic rings. The molecular formula is C19H16BrN3O3. The van der Waals surface area contributed by atoms with Crippen LogP contribution in [0.4, 0.5) is 0 Å². The molecule has 1 aliphatic heterocycles. The summed E-state index contributed by atoms with van der Waals surface area (Å²) in [4.78, 5) is 17.4. The number of ether oxygens (including phenoxy) is 2. The Balaban J connectivity index is 1.77. The standard InChI is InChI=1S/C19H16BrN3O3/c1-2-18-22-15-5-4-13(20)10-14(15)19(24)23(18)21-11-12-3-6-16-17(9-12)26-8-7-25-16/h3-6,9-11H,2,7-8H2,1H3. The molecule has 6 nitrogen and oxygen atoms in total. The van der Waals surface area contributed by atoms with Crippen LogP contribution in [0.2, 0.25) is 0 Å². The Morgan fingerprint density at radius 3 is 2.81 bits per heavy atom. The Labute approximate surface area is 158 Å². The van der Waals surface area contributed by atoms with Crippen molar-refractivity contribution in [2.75, 3.05) is 13.2 Å². The molecule has 0 atom stereocenters. The van der Waals surface area contributed by atoms with Crippen molar-refractivity contribution in [1.82, 2.24) is 9.66 Å². The van der Waals surface area contributed by atoms with Crippen molar-refractivity contribution >= 4 is 33.0 Å². The Morgan fingerprint density at radius 2 is 2.00 bits per heavy atom. The van der Waals surface area contributed by atoms with E-state index in [9.17, 15) is 4.79 Å². The lowest BCUT2D eigenvalue weighted by Crippen LogP contribution is -2.22. The Morgan fingerprint density at radius 1 is 1.19 bits per heavy atom. The van der Waals surface area contributed by atoms with Gasteiger partial charge in [0.1, 0.15) is 19.0 Å². The van der Waals surface area contributed by atoms with E-state index < -0.39 is 0 Å². The van der Waals surface area contributed by atoms with Gasteiger partial charge in [-0.05, 0) is 42.0 Å². The topological polar surface area (TPSA) is 65.7 Å². The molecule has 7 heteroatoms. The van der Waals surface area contributed by atoms with E-state index in [0.29, 0.717) is 42.1 Å². The number of fused-ring (bicyclic) bond motifs is 2. The monoisotopic (exact) mass is 413 g/mol. The zero-order valence-electron chi connectivity index (χ0n) is 14.1. The second-order valence-corrected chi connectivity index (χ2v) is 6.72. The number of hydrogen-bond acceptors (Lipinski definition) is 5. The first kappa shape index (κ1) is 16.8. The van der Waals surface area contributed by atoms with Crippen molar-refractivity contribution < 1.29 is 9.47 Å². The van der Waals surface area contributed by atoms with Gasteiger partial charge in [-0.15, -0.1) is 0 Å². The van der Waals surface area contributed by atoms with Crippen molar-refractivity contribution in [3.63, 3.8) is 0 Å². The molecule has 0 saturated carbocycles. The van der Waals surface area contributed by atoms with Crippen molar-refractivity contribution in [3.8, 4) is 11.5 Å². The highest BCUT2D eigenvalue weighted by Gasteiger charge is 2.12. The average Bonchev–Trinajstić information content (AvgIpc) is 2.67. The Hall–Kier alpha value is -2.67. The van der Waals surface area contributed by atoms with Crippen LogP contribution in [0.3, 0.4) is 0 Å². The molecule has 0 radical (unpaired) electrons. The zero-order valence-corrected chi connectivity index (χ0v) is 15.7. The normalized spacial score (nSPS) is 13.5. The highest BCUT2D eigenvalue weighted by Crippen LogP contribution is 2.30. The summed E-state index contributed by atoms with van der Waals surface area (Å²) in [5.74, 6) is 2.01. The van der Waals surface area contributed by atoms with Crippen LogP contribution in [0.5, 0.6) is 11.5 Å². The fraction of sp³-hybridized carbons (Fsp3) is 0.211. The summed E-state index contributed by atoms with van der Waals surface area (Å²) >= 11 is 3.40. The van der Waals surface area contributed by atoms with E-state index in [-0.39, 0.29) is 5.56 Å². The van der Waals surface area contributed by atoms with Crippen molar-refractivity contribution in [1.29, 1.82) is 0 Å². The molecule has 0 bridgehead atoms. The van der Waals surface area contributed by atoms with Crippen LogP contribution < -0.4 is 15.0 Å². The van der Waals surface area contributed by atoms with Gasteiger partial charge in [0, 0.05) is 10.9 Å². The molecule has 1 aliphatic rings. The summed E-state index contributed by atoms with van der Waals surface area (Å²) in [6.45, 7) is 3.02. The fourth-order valence-electron chi connectivity index (χ4n) is 2.81. The lowest BCUT2D eigenvalue weighted by molar-refractivity contribution is 0.171. The van der Waals surface area contributed by atoms with Gasteiger partial charge in [0.2, 0.25) is 0 Å². The number of aromatic nitrogens is 2. The van der Waals surface area contributed by atoms with Crippen molar-refractivity contribution in [2.24, 2.45) is 5.10 Å². The van der Waals surface area contributed by atoms with E-state index in [1.807, 2.05) is 37.3 Å². The molecule has 1 aromatic heterocycles. The highest BCUT2D eigenvalue weighted by atomic mass is 79.9. The van der Waals surface area contributed by atoms with Crippen LogP contribution in [0.25, 0.3) is 10.9 Å². The number of aryl methyl sites for hydroxylation is 1. The summed E-state index contributed by atoms with van der Waals surface area (Å²) in [6.07, 6.45) is 2.23. The van der Waals surface area contributed by atoms with E-state index in [4.69, 9.17) is 9.47 Å². The number of nitrogens with zero attached hydrogens (tertiary/aromatic N) is 3. The van der Waals surface area contributed by atoms with Gasteiger partial charge in [0.05, 0.1) is 17.1 Å². The third-order valence-electron chi connectivity index (χ3n) is 4.08. The maximum Gasteiger partial charge on any atom is 0.282 e. The van der Waals surface area contributed by atoms with Gasteiger partial charge in [-0.1, -0.05) is 22.9 Å². The summed E-state index contributed by atoms with van der Waals surface area (Å²) in [6, 6.07) is 11.0. The molecule has 0 amide bonds. The second kappa shape index (κ2) is 6.92. The van der Waals surface area contributed by atoms with Crippen LogP contribution in [0.15, 0.2) is 50.8 Å². The molecule has 132 valence electrons. The number of benzene rings is 2. The maximum absolute atomic E-state index is 12.9. The van der Waals surface area contributed by atoms with Gasteiger partial charge >= 0.3 is 0 Å². The maximum atomic E-state index is 12.9. The van der Waals surface area contributed by atoms with Gasteiger partial charge in [-0.25, -0.2) is 4.98 Å². The molecule has 0 unspecified atom stereocenters. The molecule has 0 spiro atoms. The van der Waals surface area contributed by atoms with Crippen molar-refractivity contribution in [3.05, 3.63) is 62.6 Å². The first-order chi connectivity index (χ1) is 12.7. The molecule has 0 fully saturated rings. The van der Waals surface area contributed by atoms with Gasteiger partial charge in [-0.2, -0.15) is 9.78 Å². The van der Waals surface area contributed by atoms with Gasteiger partial charge in [-0.3, -0.25) is 4.79 Å². The average molecular weight is 414 g/mol. The van der Waals surface area contributed by atoms with E-state index in [2.05, 4.69) is 26.0 Å². The molecule has 4 rings (SSSR count). The molecule has 2 heterocycles. The quantitative estimate of drug-likeness (QED) is 0.617. The van der Waals surface area contributed by atoms with E-state index in [1.165, 1.54) is 4.68 Å². The third kappa shape index (κ3) is 3.10. The number of hydrogen-bond donors (Lipinski definition) is 0. The first-order valence-corrected chi connectivity index (χ1v) is 9.10. The SMILES string of the molecule is CCc1nc2ccc(Br)cc2c(=O)n1N=Cc1ccc2c(c1)OCCO2. The highest BCUT2D eigenvalue weighted by molar-refractivity contribution is 9.10. The van der Waals surface area contributed by atoms with Crippen molar-refractivity contribution in [2.45, 2.75) is 13.3 Å². The van der Waals surface area contributed by atoms with Crippen LogP contribution in [0.1, 0.15) is 18.3 Å². The summed E-state index contributed by atoms with van der Waals surface area (Å²) < 4.78 is 13.3. The number of halogens is 1. The molecular weight excluding hydrogens is 398 g/mol. The summed E-state index contributed by atoms with van der Waals surface area (Å²) in [5.41, 5.74) is 1.29. The van der Waals surface area contributed by atoms with Crippen LogP contribution in [-0.2, 0) is 6.42 Å². The Kier molecular flexibility index (Phi) is 4.46. The number of rotatable bonds is 3. The predicted octanol–water partition coefficient (Wildman–Crippen LogP) is 3.37. The molecule has 0 N–H and O–H groups in total. The van der Waals surface area contributed by atoms with E-state index in [1.54, 1.807) is 12.3 Å². The molecule has 0 aliphatic carbocycles. The van der Waals surface area contributed by atoms with Gasteiger partial charge < -0.3 is 9.47 Å². The molecule has 0 saturated heterocycles. The second-order valence-electron chi connectivity index (χ2n) is 5.81. The minimum Gasteiger partial charge on any atom is -0.486 e. The lowest BCUT2D eigenvalue weighted by atomic mass is 10.2. The lowest BCUT2D eigenvalue weighted by Gasteiger charge is -2.18. The summed E-state index contributed by atoms with van der Waals surface area (Å²) in [5, 5.41) is 4.90. The van der Waals surface area contributed by atoms with E-state index in [0.717, 1.165) is 15.8 Å². The van der Waals surface area contributed by atoms with Crippen LogP contribution in [0, 0.1) is 0 Å². The Bertz CT molecular complexity index is 1080. The first-order valence-electron chi connectivity index (χ1n) is 8.31. The smallest absolute Gasteiger partial charge is 0.282 e. The van der Waals surface area contributed by atoms with Crippen LogP contribution >= 0.6 is 15.9 Å². The molecule has 26 heavy (non-hydrogen) atoms.